The number of halogens is 2. The van der Waals surface area contributed by atoms with Crippen LogP contribution in [0.3, 0.4) is 0 Å². The molecule has 0 aliphatic carbocycles. The lowest BCUT2D eigenvalue weighted by Crippen LogP contribution is -2.44. The van der Waals surface area contributed by atoms with E-state index in [1.165, 1.54) is 29.8 Å². The molecule has 8 nitrogen and oxygen atoms in total. The zero-order valence-corrected chi connectivity index (χ0v) is 20.0. The number of carbonyl (C=O) groups excluding carboxylic acids is 1. The second-order valence-corrected chi connectivity index (χ2v) is 9.72. The molecule has 1 saturated heterocycles. The molecule has 0 bridgehead atoms. The van der Waals surface area contributed by atoms with Crippen molar-refractivity contribution in [3.8, 4) is 0 Å². The van der Waals surface area contributed by atoms with Gasteiger partial charge in [-0.2, -0.15) is 0 Å². The Morgan fingerprint density at radius 2 is 2.06 bits per heavy atom. The van der Waals surface area contributed by atoms with E-state index in [9.17, 15) is 9.18 Å². The number of imidazole rings is 1. The monoisotopic (exact) mass is 499 g/mol. The van der Waals surface area contributed by atoms with Crippen molar-refractivity contribution in [3.63, 3.8) is 0 Å². The van der Waals surface area contributed by atoms with Crippen LogP contribution >= 0.6 is 22.9 Å². The van der Waals surface area contributed by atoms with Crippen LogP contribution in [0.4, 0.5) is 15.9 Å². The highest BCUT2D eigenvalue weighted by Gasteiger charge is 2.23. The van der Waals surface area contributed by atoms with Crippen LogP contribution in [0.1, 0.15) is 28.3 Å². The van der Waals surface area contributed by atoms with Crippen molar-refractivity contribution >= 4 is 50.6 Å². The number of amides is 1. The number of carbonyl (C=O) groups is 1. The Hall–Kier alpha value is -3.08. The summed E-state index contributed by atoms with van der Waals surface area (Å²) in [7, 11) is 2.00. The van der Waals surface area contributed by atoms with E-state index in [0.717, 1.165) is 43.7 Å². The molecule has 0 unspecified atom stereocenters. The first-order valence-corrected chi connectivity index (χ1v) is 12.1. The number of anilines is 2. The van der Waals surface area contributed by atoms with E-state index in [4.69, 9.17) is 11.6 Å². The van der Waals surface area contributed by atoms with E-state index >= 15 is 0 Å². The van der Waals surface area contributed by atoms with Crippen molar-refractivity contribution in [1.29, 1.82) is 0 Å². The first-order valence-electron chi connectivity index (χ1n) is 10.9. The third-order valence-electron chi connectivity index (χ3n) is 5.94. The molecule has 0 spiro atoms. The molecule has 5 rings (SSSR count). The van der Waals surface area contributed by atoms with E-state index in [1.807, 2.05) is 24.0 Å². The molecule has 3 aromatic heterocycles. The number of aryl methyl sites for hydroxylation is 1. The van der Waals surface area contributed by atoms with Crippen LogP contribution in [0.15, 0.2) is 43.0 Å². The van der Waals surface area contributed by atoms with Gasteiger partial charge in [0.25, 0.3) is 5.91 Å². The molecule has 1 aliphatic rings. The van der Waals surface area contributed by atoms with Crippen LogP contribution in [0.2, 0.25) is 5.02 Å². The van der Waals surface area contributed by atoms with Crippen molar-refractivity contribution in [3.05, 3.63) is 64.5 Å². The minimum absolute atomic E-state index is 0.0200. The summed E-state index contributed by atoms with van der Waals surface area (Å²) in [4.78, 5) is 29.6. The number of rotatable bonds is 6. The number of nitrogens with zero attached hydrogens (tertiary/aromatic N) is 5. The number of thiophene rings is 1. The molecule has 0 saturated carbocycles. The van der Waals surface area contributed by atoms with Crippen LogP contribution in [0, 0.1) is 5.82 Å². The average molecular weight is 500 g/mol. The number of likely N-dealkylation sites (tertiary alicyclic amines) is 1. The number of hydrogen-bond acceptors (Lipinski definition) is 7. The molecule has 1 aromatic carbocycles. The largest absolute Gasteiger partial charge is 0.349 e. The third-order valence-corrected chi connectivity index (χ3v) is 7.28. The molecule has 0 radical (unpaired) electrons. The zero-order chi connectivity index (χ0) is 23.7. The van der Waals surface area contributed by atoms with Crippen LogP contribution in [-0.2, 0) is 13.6 Å². The number of aromatic nitrogens is 4. The topological polar surface area (TPSA) is 88.0 Å². The van der Waals surface area contributed by atoms with Gasteiger partial charge < -0.3 is 15.2 Å². The highest BCUT2D eigenvalue weighted by atomic mass is 35.5. The van der Waals surface area contributed by atoms with Gasteiger partial charge in [-0.1, -0.05) is 11.6 Å². The lowest BCUT2D eigenvalue weighted by molar-refractivity contribution is 0.0912. The van der Waals surface area contributed by atoms with E-state index in [1.54, 1.807) is 12.1 Å². The Labute approximate surface area is 204 Å². The quantitative estimate of drug-likeness (QED) is 0.410. The van der Waals surface area contributed by atoms with Crippen molar-refractivity contribution < 1.29 is 9.18 Å². The molecule has 176 valence electrons. The Morgan fingerprint density at radius 3 is 2.79 bits per heavy atom. The Balaban J connectivity index is 1.23. The molecule has 1 fully saturated rings. The summed E-state index contributed by atoms with van der Waals surface area (Å²) in [6, 6.07) is 6.27. The number of fused-ring (bicyclic) bond motifs is 1. The van der Waals surface area contributed by atoms with Gasteiger partial charge in [-0.3, -0.25) is 9.69 Å². The maximum atomic E-state index is 13.5. The van der Waals surface area contributed by atoms with Gasteiger partial charge in [-0.15, -0.1) is 11.3 Å². The minimum Gasteiger partial charge on any atom is -0.349 e. The molecular formula is C23H23ClFN7OS. The summed E-state index contributed by atoms with van der Waals surface area (Å²) in [5.41, 5.74) is 0.598. The van der Waals surface area contributed by atoms with Gasteiger partial charge in [0.05, 0.1) is 21.8 Å². The fraction of sp³-hybridized carbons (Fsp3) is 0.304. The highest BCUT2D eigenvalue weighted by Crippen LogP contribution is 2.31. The van der Waals surface area contributed by atoms with Gasteiger partial charge >= 0.3 is 0 Å². The maximum Gasteiger partial charge on any atom is 0.261 e. The van der Waals surface area contributed by atoms with Gasteiger partial charge in [0.2, 0.25) is 0 Å². The molecule has 34 heavy (non-hydrogen) atoms. The maximum absolute atomic E-state index is 13.5. The first kappa shape index (κ1) is 22.7. The molecule has 1 aliphatic heterocycles. The molecule has 0 atom stereocenters. The van der Waals surface area contributed by atoms with Gasteiger partial charge in [0.15, 0.2) is 0 Å². The van der Waals surface area contributed by atoms with E-state index in [2.05, 4.69) is 30.5 Å². The first-order chi connectivity index (χ1) is 16.5. The molecule has 4 aromatic rings. The van der Waals surface area contributed by atoms with Crippen molar-refractivity contribution in [1.82, 2.24) is 29.7 Å². The van der Waals surface area contributed by atoms with Gasteiger partial charge in [-0.25, -0.2) is 19.3 Å². The summed E-state index contributed by atoms with van der Waals surface area (Å²) in [6.07, 6.45) is 6.98. The molecule has 2 N–H and O–H groups in total. The number of nitrogens with one attached hydrogen (secondary N) is 2. The Morgan fingerprint density at radius 1 is 1.24 bits per heavy atom. The normalized spacial score (nSPS) is 15.0. The summed E-state index contributed by atoms with van der Waals surface area (Å²) in [6.45, 7) is 2.63. The fourth-order valence-electron chi connectivity index (χ4n) is 4.02. The van der Waals surface area contributed by atoms with Crippen LogP contribution in [0.5, 0.6) is 0 Å². The smallest absolute Gasteiger partial charge is 0.261 e. The molecule has 11 heteroatoms. The Kier molecular flexibility index (Phi) is 6.44. The Bertz CT molecular complexity index is 1330. The van der Waals surface area contributed by atoms with E-state index in [-0.39, 0.29) is 17.0 Å². The van der Waals surface area contributed by atoms with Crippen LogP contribution in [-0.4, -0.2) is 49.5 Å². The molecule has 1 amide bonds. The van der Waals surface area contributed by atoms with Crippen LogP contribution in [0.25, 0.3) is 10.2 Å². The van der Waals surface area contributed by atoms with Crippen LogP contribution < -0.4 is 10.6 Å². The number of benzene rings is 1. The van der Waals surface area contributed by atoms with E-state index < -0.39 is 5.82 Å². The summed E-state index contributed by atoms with van der Waals surface area (Å²) in [5, 5.41) is 7.05. The lowest BCUT2D eigenvalue weighted by Gasteiger charge is -2.31. The SMILES string of the molecule is Cn1ccnc1CN1CCC(NC(=O)c2cc3c(Nc4ccc(F)c(Cl)c4)ncnc3s2)CC1. The molecular weight excluding hydrogens is 477 g/mol. The highest BCUT2D eigenvalue weighted by molar-refractivity contribution is 7.20. The fourth-order valence-corrected chi connectivity index (χ4v) is 5.10. The van der Waals surface area contributed by atoms with Gasteiger partial charge in [0, 0.05) is 44.3 Å². The second kappa shape index (κ2) is 9.65. The van der Waals surface area contributed by atoms with Crippen molar-refractivity contribution in [2.75, 3.05) is 18.4 Å². The third kappa shape index (κ3) is 4.89. The summed E-state index contributed by atoms with van der Waals surface area (Å²) in [5.74, 6) is 0.977. The predicted octanol–water partition coefficient (Wildman–Crippen LogP) is 4.36. The van der Waals surface area contributed by atoms with Crippen molar-refractivity contribution in [2.24, 2.45) is 7.05 Å². The lowest BCUT2D eigenvalue weighted by atomic mass is 10.0. The van der Waals surface area contributed by atoms with Gasteiger partial charge in [-0.05, 0) is 37.1 Å². The second-order valence-electron chi connectivity index (χ2n) is 8.28. The van der Waals surface area contributed by atoms with E-state index in [0.29, 0.717) is 21.2 Å². The number of hydrogen-bond donors (Lipinski definition) is 2. The van der Waals surface area contributed by atoms with Gasteiger partial charge in [0.1, 0.15) is 28.6 Å². The summed E-state index contributed by atoms with van der Waals surface area (Å²) >= 11 is 7.20. The zero-order valence-electron chi connectivity index (χ0n) is 18.5. The minimum atomic E-state index is -0.489. The summed E-state index contributed by atoms with van der Waals surface area (Å²) < 4.78 is 15.5. The predicted molar refractivity (Wildman–Crippen MR) is 131 cm³/mol. The standard InChI is InChI=1S/C23H23ClFN7OS/c1-31-9-6-26-20(31)12-32-7-4-14(5-8-32)30-22(33)19-11-16-21(27-13-28-23(16)34-19)29-15-2-3-18(25)17(24)10-15/h2-3,6,9-11,13-14H,4-5,7-8,12H2,1H3,(H,30,33)(H,27,28,29). The van der Waals surface area contributed by atoms with Crippen molar-refractivity contribution in [2.45, 2.75) is 25.4 Å². The average Bonchev–Trinajstić information content (AvgIpc) is 3.44. The number of piperidine rings is 1. The molecule has 4 heterocycles.